The molecule has 0 aliphatic heterocycles. The molecule has 1 N–H and O–H groups in total. The number of carbonyl (C=O) groups excluding carboxylic acids is 2. The lowest BCUT2D eigenvalue weighted by Crippen LogP contribution is -2.52. The summed E-state index contributed by atoms with van der Waals surface area (Å²) in [5.41, 5.74) is 0.819. The van der Waals surface area contributed by atoms with Crippen LogP contribution >= 0.6 is 23.2 Å². The molecule has 2 aromatic carbocycles. The van der Waals surface area contributed by atoms with Crippen LogP contribution in [0.3, 0.4) is 0 Å². The summed E-state index contributed by atoms with van der Waals surface area (Å²) in [7, 11) is -3.88. The van der Waals surface area contributed by atoms with Crippen molar-refractivity contribution in [1.82, 2.24) is 10.2 Å². The number of nitrogens with one attached hydrogen (secondary N) is 1. The van der Waals surface area contributed by atoms with Crippen LogP contribution in [0, 0.1) is 0 Å². The maximum Gasteiger partial charge on any atom is 0.244 e. The number of anilines is 1. The molecule has 0 fully saturated rings. The second-order valence-electron chi connectivity index (χ2n) is 8.14. The van der Waals surface area contributed by atoms with Gasteiger partial charge in [-0.3, -0.25) is 13.9 Å². The molecule has 198 valence electrons. The van der Waals surface area contributed by atoms with Gasteiger partial charge in [0.1, 0.15) is 18.3 Å². The van der Waals surface area contributed by atoms with E-state index in [1.807, 2.05) is 6.92 Å². The predicted molar refractivity (Wildman–Crippen MR) is 144 cm³/mol. The molecule has 0 spiro atoms. The highest BCUT2D eigenvalue weighted by Gasteiger charge is 2.32. The van der Waals surface area contributed by atoms with Gasteiger partial charge in [0.15, 0.2) is 0 Å². The molecule has 1 atom stereocenters. The lowest BCUT2D eigenvalue weighted by atomic mass is 10.1. The highest BCUT2D eigenvalue weighted by molar-refractivity contribution is 7.92. The number of benzene rings is 2. The number of halogens is 2. The molecule has 1 unspecified atom stereocenters. The highest BCUT2D eigenvalue weighted by atomic mass is 35.5. The van der Waals surface area contributed by atoms with Gasteiger partial charge in [-0.05, 0) is 49.6 Å². The van der Waals surface area contributed by atoms with E-state index in [9.17, 15) is 18.0 Å². The van der Waals surface area contributed by atoms with Crippen molar-refractivity contribution in [2.24, 2.45) is 0 Å². The second-order valence-corrected chi connectivity index (χ2v) is 10.9. The van der Waals surface area contributed by atoms with Crippen LogP contribution in [0.4, 0.5) is 5.69 Å². The lowest BCUT2D eigenvalue weighted by Gasteiger charge is -2.33. The molecule has 0 aliphatic rings. The topological polar surface area (TPSA) is 96.0 Å². The third-order valence-electron chi connectivity index (χ3n) is 5.40. The third kappa shape index (κ3) is 8.01. The Balaban J connectivity index is 2.50. The van der Waals surface area contributed by atoms with Crippen molar-refractivity contribution < 1.29 is 22.7 Å². The zero-order valence-corrected chi connectivity index (χ0v) is 23.3. The molecule has 36 heavy (non-hydrogen) atoms. The summed E-state index contributed by atoms with van der Waals surface area (Å²) < 4.78 is 32.2. The SMILES string of the molecule is CCCNC(=O)C(CC)N(Cc1ccc(Cl)cc1Cl)C(=O)CN(c1ccccc1OCC)S(C)(=O)=O. The van der Waals surface area contributed by atoms with Crippen LogP contribution in [-0.2, 0) is 26.2 Å². The molecular formula is C25H33Cl2N3O5S. The first-order valence-corrected chi connectivity index (χ1v) is 14.3. The van der Waals surface area contributed by atoms with Crippen LogP contribution in [-0.4, -0.2) is 57.1 Å². The number of rotatable bonds is 13. The number of ether oxygens (including phenoxy) is 1. The van der Waals surface area contributed by atoms with E-state index in [0.29, 0.717) is 40.9 Å². The van der Waals surface area contributed by atoms with Crippen molar-refractivity contribution in [3.8, 4) is 5.75 Å². The number of amides is 2. The van der Waals surface area contributed by atoms with Gasteiger partial charge in [-0.25, -0.2) is 8.42 Å². The Morgan fingerprint density at radius 2 is 1.78 bits per heavy atom. The lowest BCUT2D eigenvalue weighted by molar-refractivity contribution is -0.140. The zero-order chi connectivity index (χ0) is 26.9. The summed E-state index contributed by atoms with van der Waals surface area (Å²) in [6.45, 7) is 5.75. The van der Waals surface area contributed by atoms with E-state index in [0.717, 1.165) is 17.0 Å². The number of carbonyl (C=O) groups is 2. The summed E-state index contributed by atoms with van der Waals surface area (Å²) >= 11 is 12.4. The van der Waals surface area contributed by atoms with E-state index < -0.39 is 28.5 Å². The molecule has 0 aromatic heterocycles. The van der Waals surface area contributed by atoms with Crippen molar-refractivity contribution >= 4 is 50.7 Å². The van der Waals surface area contributed by atoms with Crippen molar-refractivity contribution in [2.75, 3.05) is 30.3 Å². The molecule has 0 saturated heterocycles. The Labute approximate surface area is 223 Å². The van der Waals surface area contributed by atoms with Crippen molar-refractivity contribution in [2.45, 2.75) is 46.2 Å². The first kappa shape index (κ1) is 29.7. The van der Waals surface area contributed by atoms with E-state index >= 15 is 0 Å². The van der Waals surface area contributed by atoms with Crippen LogP contribution in [0.25, 0.3) is 0 Å². The molecule has 0 bridgehead atoms. The minimum absolute atomic E-state index is 0.00238. The molecule has 0 radical (unpaired) electrons. The van der Waals surface area contributed by atoms with E-state index in [4.69, 9.17) is 27.9 Å². The fourth-order valence-corrected chi connectivity index (χ4v) is 4.98. The summed E-state index contributed by atoms with van der Waals surface area (Å²) in [6, 6.07) is 10.6. The van der Waals surface area contributed by atoms with Gasteiger partial charge in [0.25, 0.3) is 0 Å². The van der Waals surface area contributed by atoms with Crippen molar-refractivity contribution in [3.05, 3.63) is 58.1 Å². The monoisotopic (exact) mass is 557 g/mol. The van der Waals surface area contributed by atoms with Crippen molar-refractivity contribution in [3.63, 3.8) is 0 Å². The quantitative estimate of drug-likeness (QED) is 0.391. The van der Waals surface area contributed by atoms with E-state index in [1.54, 1.807) is 56.3 Å². The van der Waals surface area contributed by atoms with Crippen LogP contribution < -0.4 is 14.4 Å². The van der Waals surface area contributed by atoms with Gasteiger partial charge in [-0.15, -0.1) is 0 Å². The highest BCUT2D eigenvalue weighted by Crippen LogP contribution is 2.30. The molecule has 8 nitrogen and oxygen atoms in total. The average Bonchev–Trinajstić information content (AvgIpc) is 2.82. The summed E-state index contributed by atoms with van der Waals surface area (Å²) in [6.07, 6.45) is 2.07. The largest absolute Gasteiger partial charge is 0.492 e. The first-order valence-electron chi connectivity index (χ1n) is 11.7. The maximum atomic E-state index is 13.7. The van der Waals surface area contributed by atoms with E-state index in [1.165, 1.54) is 4.90 Å². The molecule has 0 saturated carbocycles. The Kier molecular flexibility index (Phi) is 11.3. The Morgan fingerprint density at radius 3 is 2.36 bits per heavy atom. The van der Waals surface area contributed by atoms with Gasteiger partial charge in [0, 0.05) is 23.1 Å². The minimum Gasteiger partial charge on any atom is -0.492 e. The van der Waals surface area contributed by atoms with Gasteiger partial charge in [-0.2, -0.15) is 0 Å². The molecule has 2 rings (SSSR count). The van der Waals surface area contributed by atoms with Gasteiger partial charge >= 0.3 is 0 Å². The van der Waals surface area contributed by atoms with Gasteiger partial charge in [0.05, 0.1) is 18.6 Å². The number of para-hydroxylation sites is 2. The second kappa shape index (κ2) is 13.7. The maximum absolute atomic E-state index is 13.7. The number of sulfonamides is 1. The van der Waals surface area contributed by atoms with E-state index in [2.05, 4.69) is 5.32 Å². The molecule has 2 amide bonds. The first-order chi connectivity index (χ1) is 17.0. The Morgan fingerprint density at radius 1 is 1.08 bits per heavy atom. The van der Waals surface area contributed by atoms with Crippen LogP contribution in [0.1, 0.15) is 39.2 Å². The molecule has 2 aromatic rings. The fraction of sp³-hybridized carbons (Fsp3) is 0.440. The number of hydrogen-bond donors (Lipinski definition) is 1. The van der Waals surface area contributed by atoms with Gasteiger partial charge in [-0.1, -0.05) is 55.2 Å². The number of nitrogens with zero attached hydrogens (tertiary/aromatic N) is 2. The van der Waals surface area contributed by atoms with Crippen LogP contribution in [0.2, 0.25) is 10.0 Å². The average molecular weight is 559 g/mol. The molecule has 11 heteroatoms. The minimum atomic E-state index is -3.88. The molecule has 0 heterocycles. The van der Waals surface area contributed by atoms with Crippen LogP contribution in [0.5, 0.6) is 5.75 Å². The summed E-state index contributed by atoms with van der Waals surface area (Å²) in [5.74, 6) is -0.548. The zero-order valence-electron chi connectivity index (χ0n) is 21.0. The van der Waals surface area contributed by atoms with Crippen LogP contribution in [0.15, 0.2) is 42.5 Å². The van der Waals surface area contributed by atoms with Gasteiger partial charge in [0.2, 0.25) is 21.8 Å². The fourth-order valence-electron chi connectivity index (χ4n) is 3.65. The van der Waals surface area contributed by atoms with Crippen molar-refractivity contribution in [1.29, 1.82) is 0 Å². The van der Waals surface area contributed by atoms with Gasteiger partial charge < -0.3 is 15.0 Å². The molecule has 0 aliphatic carbocycles. The van der Waals surface area contributed by atoms with E-state index in [-0.39, 0.29) is 18.1 Å². The number of hydrogen-bond acceptors (Lipinski definition) is 5. The Bertz CT molecular complexity index is 1160. The summed E-state index contributed by atoms with van der Waals surface area (Å²) in [5, 5.41) is 3.60. The third-order valence-corrected chi connectivity index (χ3v) is 7.12. The predicted octanol–water partition coefficient (Wildman–Crippen LogP) is 4.49. The normalized spacial score (nSPS) is 12.1. The molecular weight excluding hydrogens is 525 g/mol. The summed E-state index contributed by atoms with van der Waals surface area (Å²) in [4.78, 5) is 28.1. The smallest absolute Gasteiger partial charge is 0.244 e. The standard InChI is InChI=1S/C25H33Cl2N3O5S/c1-5-14-28-25(32)21(6-2)29(16-18-12-13-19(26)15-20(18)27)24(31)17-30(36(4,33)34)22-10-8-9-11-23(22)35-7-3/h8-13,15,21H,5-7,14,16-17H2,1-4H3,(H,28,32). The Hall–Kier alpha value is -2.49.